The molecule has 0 N–H and O–H groups in total. The molecule has 1 aromatic carbocycles. The maximum atomic E-state index is 6.33. The van der Waals surface area contributed by atoms with Gasteiger partial charge in [-0.3, -0.25) is 0 Å². The van der Waals surface area contributed by atoms with Crippen LogP contribution in [-0.2, 0) is 0 Å². The summed E-state index contributed by atoms with van der Waals surface area (Å²) < 4.78 is 0. The molecule has 0 bridgehead atoms. The molecule has 3 aromatic rings. The molecule has 3 rings (SSSR count). The zero-order valence-corrected chi connectivity index (χ0v) is 12.6. The zero-order chi connectivity index (χ0) is 13.6. The number of hydrogen-bond donors (Lipinski definition) is 0. The number of benzene rings is 1. The maximum Gasteiger partial charge on any atom is 0.162 e. The Morgan fingerprint density at radius 1 is 1.00 bits per heavy atom. The second kappa shape index (κ2) is 4.58. The molecule has 0 radical (unpaired) electrons. The second-order valence-corrected chi connectivity index (χ2v) is 5.89. The molecule has 0 spiro atoms. The molecule has 2 heterocycles. The Morgan fingerprint density at radius 3 is 2.47 bits per heavy atom. The van der Waals surface area contributed by atoms with Crippen molar-refractivity contribution in [2.45, 2.75) is 20.8 Å². The van der Waals surface area contributed by atoms with E-state index in [2.05, 4.69) is 42.6 Å². The van der Waals surface area contributed by atoms with Gasteiger partial charge < -0.3 is 0 Å². The molecule has 0 aliphatic rings. The fourth-order valence-corrected chi connectivity index (χ4v) is 3.31. The third kappa shape index (κ3) is 2.13. The zero-order valence-electron chi connectivity index (χ0n) is 11.0. The second-order valence-electron chi connectivity index (χ2n) is 4.78. The van der Waals surface area contributed by atoms with Gasteiger partial charge in [0.2, 0.25) is 0 Å². The highest BCUT2D eigenvalue weighted by molar-refractivity contribution is 7.08. The van der Waals surface area contributed by atoms with Gasteiger partial charge in [-0.2, -0.15) is 11.3 Å². The van der Waals surface area contributed by atoms with E-state index in [1.54, 1.807) is 11.3 Å². The topological polar surface area (TPSA) is 25.8 Å². The first-order chi connectivity index (χ1) is 9.06. The fourth-order valence-electron chi connectivity index (χ4n) is 2.26. The summed E-state index contributed by atoms with van der Waals surface area (Å²) >= 11 is 7.98. The first-order valence-corrected chi connectivity index (χ1v) is 7.36. The summed E-state index contributed by atoms with van der Waals surface area (Å²) in [6, 6.07) is 4.16. The van der Waals surface area contributed by atoms with Crippen LogP contribution < -0.4 is 0 Å². The van der Waals surface area contributed by atoms with Gasteiger partial charge in [-0.1, -0.05) is 23.2 Å². The van der Waals surface area contributed by atoms with Gasteiger partial charge in [0.1, 0.15) is 5.15 Å². The largest absolute Gasteiger partial charge is 0.228 e. The number of aromatic nitrogens is 2. The third-order valence-corrected chi connectivity index (χ3v) is 4.33. The van der Waals surface area contributed by atoms with Crippen molar-refractivity contribution in [2.75, 3.05) is 0 Å². The van der Waals surface area contributed by atoms with Crippen molar-refractivity contribution >= 4 is 33.8 Å². The first kappa shape index (κ1) is 12.6. The Kier molecular flexibility index (Phi) is 3.03. The van der Waals surface area contributed by atoms with Crippen molar-refractivity contribution in [1.29, 1.82) is 0 Å². The molecular weight excluding hydrogens is 276 g/mol. The predicted octanol–water partition coefficient (Wildman–Crippen LogP) is 4.94. The number of aryl methyl sites for hydroxylation is 3. The highest BCUT2D eigenvalue weighted by Gasteiger charge is 2.12. The molecule has 0 unspecified atom stereocenters. The molecule has 19 heavy (non-hydrogen) atoms. The molecule has 0 aliphatic carbocycles. The Bertz CT molecular complexity index is 777. The van der Waals surface area contributed by atoms with Gasteiger partial charge in [-0.15, -0.1) is 0 Å². The predicted molar refractivity (Wildman–Crippen MR) is 82.1 cm³/mol. The van der Waals surface area contributed by atoms with Gasteiger partial charge in [0.05, 0.1) is 5.52 Å². The minimum atomic E-state index is 0.525. The number of fused-ring (bicyclic) bond motifs is 1. The summed E-state index contributed by atoms with van der Waals surface area (Å²) in [5, 5.41) is 5.61. The van der Waals surface area contributed by atoms with Gasteiger partial charge in [0.25, 0.3) is 0 Å². The highest BCUT2D eigenvalue weighted by Crippen LogP contribution is 2.30. The van der Waals surface area contributed by atoms with Crippen molar-refractivity contribution in [2.24, 2.45) is 0 Å². The monoisotopic (exact) mass is 288 g/mol. The Morgan fingerprint density at radius 2 is 1.79 bits per heavy atom. The number of nitrogens with zero attached hydrogens (tertiary/aromatic N) is 2. The molecule has 0 saturated carbocycles. The molecule has 0 fully saturated rings. The van der Waals surface area contributed by atoms with Gasteiger partial charge in [-0.25, -0.2) is 9.97 Å². The smallest absolute Gasteiger partial charge is 0.162 e. The van der Waals surface area contributed by atoms with E-state index in [-0.39, 0.29) is 0 Å². The van der Waals surface area contributed by atoms with Crippen molar-refractivity contribution in [3.63, 3.8) is 0 Å². The van der Waals surface area contributed by atoms with Crippen LogP contribution in [0.15, 0.2) is 22.9 Å². The Balaban J connectivity index is 2.34. The Hall–Kier alpha value is -1.45. The lowest BCUT2D eigenvalue weighted by Gasteiger charge is -2.07. The van der Waals surface area contributed by atoms with E-state index in [9.17, 15) is 0 Å². The fraction of sp³-hybridized carbons (Fsp3) is 0.200. The van der Waals surface area contributed by atoms with Crippen LogP contribution in [0, 0.1) is 20.8 Å². The molecule has 2 nitrogen and oxygen atoms in total. The minimum absolute atomic E-state index is 0.525. The van der Waals surface area contributed by atoms with E-state index >= 15 is 0 Å². The van der Waals surface area contributed by atoms with E-state index < -0.39 is 0 Å². The van der Waals surface area contributed by atoms with Crippen LogP contribution in [0.1, 0.15) is 16.7 Å². The molecule has 2 aromatic heterocycles. The minimum Gasteiger partial charge on any atom is -0.228 e. The van der Waals surface area contributed by atoms with E-state index in [0.717, 1.165) is 22.0 Å². The molecule has 0 saturated heterocycles. The molecule has 4 heteroatoms. The third-order valence-electron chi connectivity index (χ3n) is 3.19. The van der Waals surface area contributed by atoms with E-state index in [0.29, 0.717) is 11.0 Å². The van der Waals surface area contributed by atoms with E-state index in [1.165, 1.54) is 11.1 Å². The molecular formula is C15H13ClN2S. The van der Waals surface area contributed by atoms with Crippen LogP contribution in [-0.4, -0.2) is 9.97 Å². The summed E-state index contributed by atoms with van der Waals surface area (Å²) in [6.45, 7) is 6.18. The number of rotatable bonds is 1. The quantitative estimate of drug-likeness (QED) is 0.593. The summed E-state index contributed by atoms with van der Waals surface area (Å²) in [4.78, 5) is 9.14. The van der Waals surface area contributed by atoms with Gasteiger partial charge in [0.15, 0.2) is 5.82 Å². The number of hydrogen-bond acceptors (Lipinski definition) is 3. The molecule has 0 atom stereocenters. The summed E-state index contributed by atoms with van der Waals surface area (Å²) in [5.74, 6) is 0.711. The standard InChI is InChI=1S/C15H13ClN2S/c1-8-4-9(2)13-11(5-8)14(16)18-15(17-13)12-7-19-6-10(12)3/h4-7H,1-3H3. The van der Waals surface area contributed by atoms with Gasteiger partial charge in [-0.05, 0) is 43.3 Å². The van der Waals surface area contributed by atoms with Gasteiger partial charge in [0, 0.05) is 16.3 Å². The lowest BCUT2D eigenvalue weighted by atomic mass is 10.1. The van der Waals surface area contributed by atoms with Crippen LogP contribution in [0.25, 0.3) is 22.3 Å². The van der Waals surface area contributed by atoms with E-state index in [4.69, 9.17) is 16.6 Å². The van der Waals surface area contributed by atoms with Crippen molar-refractivity contribution in [3.05, 3.63) is 44.7 Å². The maximum absolute atomic E-state index is 6.33. The average Bonchev–Trinajstić information content (AvgIpc) is 2.76. The van der Waals surface area contributed by atoms with Crippen LogP contribution >= 0.6 is 22.9 Å². The summed E-state index contributed by atoms with van der Waals surface area (Å²) in [7, 11) is 0. The van der Waals surface area contributed by atoms with Crippen LogP contribution in [0.3, 0.4) is 0 Å². The average molecular weight is 289 g/mol. The SMILES string of the molecule is Cc1cc(C)c2nc(-c3cscc3C)nc(Cl)c2c1. The molecule has 96 valence electrons. The van der Waals surface area contributed by atoms with E-state index in [1.807, 2.05) is 6.07 Å². The summed E-state index contributed by atoms with van der Waals surface area (Å²) in [5.41, 5.74) is 5.49. The van der Waals surface area contributed by atoms with Crippen LogP contribution in [0.4, 0.5) is 0 Å². The van der Waals surface area contributed by atoms with Crippen molar-refractivity contribution in [3.8, 4) is 11.4 Å². The van der Waals surface area contributed by atoms with Crippen LogP contribution in [0.5, 0.6) is 0 Å². The summed E-state index contributed by atoms with van der Waals surface area (Å²) in [6.07, 6.45) is 0. The van der Waals surface area contributed by atoms with Crippen LogP contribution in [0.2, 0.25) is 5.15 Å². The van der Waals surface area contributed by atoms with Crippen molar-refractivity contribution in [1.82, 2.24) is 9.97 Å². The highest BCUT2D eigenvalue weighted by atomic mass is 35.5. The normalized spacial score (nSPS) is 11.2. The molecule has 0 amide bonds. The number of thiophene rings is 1. The first-order valence-electron chi connectivity index (χ1n) is 6.04. The van der Waals surface area contributed by atoms with Crippen molar-refractivity contribution < 1.29 is 0 Å². The number of halogens is 1. The lowest BCUT2D eigenvalue weighted by molar-refractivity contribution is 1.21. The Labute approximate surface area is 121 Å². The van der Waals surface area contributed by atoms with Gasteiger partial charge >= 0.3 is 0 Å². The lowest BCUT2D eigenvalue weighted by Crippen LogP contribution is -1.94. The molecule has 0 aliphatic heterocycles.